The lowest BCUT2D eigenvalue weighted by Gasteiger charge is -2.32. The molecule has 0 bridgehead atoms. The molecule has 1 aromatic heterocycles. The highest BCUT2D eigenvalue weighted by Crippen LogP contribution is 2.05. The average molecular weight is 223 g/mol. The van der Waals surface area contributed by atoms with E-state index >= 15 is 0 Å². The minimum Gasteiger partial charge on any atom is -0.365 e. The van der Waals surface area contributed by atoms with Crippen molar-refractivity contribution in [3.8, 4) is 0 Å². The molecule has 0 amide bonds. The molecule has 0 atom stereocenters. The molecule has 90 valence electrons. The first-order valence-corrected chi connectivity index (χ1v) is 6.15. The first-order chi connectivity index (χ1) is 7.84. The van der Waals surface area contributed by atoms with Gasteiger partial charge in [-0.2, -0.15) is 0 Å². The van der Waals surface area contributed by atoms with E-state index in [9.17, 15) is 0 Å². The van der Waals surface area contributed by atoms with E-state index in [1.165, 1.54) is 45.6 Å². The van der Waals surface area contributed by atoms with Crippen LogP contribution in [0.2, 0.25) is 0 Å². The van der Waals surface area contributed by atoms with Crippen LogP contribution in [0.4, 0.5) is 0 Å². The highest BCUT2D eigenvalue weighted by atomic mass is 16.5. The van der Waals surface area contributed by atoms with Crippen LogP contribution in [0.25, 0.3) is 0 Å². The molecule has 1 fully saturated rings. The average Bonchev–Trinajstić information content (AvgIpc) is 2.80. The van der Waals surface area contributed by atoms with Gasteiger partial charge in [0.25, 0.3) is 0 Å². The van der Waals surface area contributed by atoms with Gasteiger partial charge in [-0.05, 0) is 32.9 Å². The van der Waals surface area contributed by atoms with Crippen molar-refractivity contribution in [1.29, 1.82) is 0 Å². The maximum Gasteiger partial charge on any atom is 0.124 e. The lowest BCUT2D eigenvalue weighted by molar-refractivity contribution is 0.152. The molecule has 0 aromatic carbocycles. The predicted molar refractivity (Wildman–Crippen MR) is 63.4 cm³/mol. The number of piperazine rings is 1. The van der Waals surface area contributed by atoms with Gasteiger partial charge in [0.2, 0.25) is 0 Å². The highest BCUT2D eigenvalue weighted by Gasteiger charge is 2.12. The van der Waals surface area contributed by atoms with E-state index in [2.05, 4.69) is 22.0 Å². The second-order valence-electron chi connectivity index (χ2n) is 4.59. The summed E-state index contributed by atoms with van der Waals surface area (Å²) < 4.78 is 4.81. The van der Waals surface area contributed by atoms with Crippen molar-refractivity contribution >= 4 is 0 Å². The van der Waals surface area contributed by atoms with E-state index in [1.54, 1.807) is 6.26 Å². The molecule has 0 unspecified atom stereocenters. The van der Waals surface area contributed by atoms with Crippen LogP contribution in [-0.2, 0) is 6.42 Å². The molecule has 2 rings (SSSR count). The van der Waals surface area contributed by atoms with Gasteiger partial charge in [-0.25, -0.2) is 0 Å². The van der Waals surface area contributed by atoms with Crippen molar-refractivity contribution < 1.29 is 4.52 Å². The fourth-order valence-corrected chi connectivity index (χ4v) is 2.08. The van der Waals surface area contributed by atoms with Crippen LogP contribution in [0.5, 0.6) is 0 Å². The van der Waals surface area contributed by atoms with E-state index in [1.807, 2.05) is 6.07 Å². The standard InChI is InChI=1S/C12H21N3O/c1-14-7-9-15(10-8-14)6-3-2-4-12-5-11-16-13-12/h5,11H,2-4,6-10H2,1H3. The summed E-state index contributed by atoms with van der Waals surface area (Å²) >= 11 is 0. The smallest absolute Gasteiger partial charge is 0.124 e. The van der Waals surface area contributed by atoms with E-state index in [-0.39, 0.29) is 0 Å². The Bertz CT molecular complexity index is 278. The number of nitrogens with zero attached hydrogens (tertiary/aromatic N) is 3. The van der Waals surface area contributed by atoms with Crippen LogP contribution in [0.1, 0.15) is 18.5 Å². The maximum absolute atomic E-state index is 4.81. The van der Waals surface area contributed by atoms with Crippen molar-refractivity contribution in [2.45, 2.75) is 19.3 Å². The van der Waals surface area contributed by atoms with Crippen LogP contribution in [0, 0.1) is 0 Å². The minimum atomic E-state index is 1.05. The number of hydrogen-bond acceptors (Lipinski definition) is 4. The van der Waals surface area contributed by atoms with Crippen molar-refractivity contribution in [3.05, 3.63) is 18.0 Å². The van der Waals surface area contributed by atoms with Crippen LogP contribution >= 0.6 is 0 Å². The Morgan fingerprint density at radius 1 is 1.25 bits per heavy atom. The summed E-state index contributed by atoms with van der Waals surface area (Å²) in [6.07, 6.45) is 5.16. The van der Waals surface area contributed by atoms with Crippen molar-refractivity contribution in [3.63, 3.8) is 0 Å². The summed E-state index contributed by atoms with van der Waals surface area (Å²) in [5.41, 5.74) is 1.08. The van der Waals surface area contributed by atoms with Crippen molar-refractivity contribution in [2.24, 2.45) is 0 Å². The van der Waals surface area contributed by atoms with Crippen LogP contribution in [0.15, 0.2) is 16.9 Å². The lowest BCUT2D eigenvalue weighted by Crippen LogP contribution is -2.44. The topological polar surface area (TPSA) is 32.5 Å². The van der Waals surface area contributed by atoms with Gasteiger partial charge in [0.1, 0.15) is 6.26 Å². The number of likely N-dealkylation sites (N-methyl/N-ethyl adjacent to an activating group) is 1. The van der Waals surface area contributed by atoms with Gasteiger partial charge in [0.15, 0.2) is 0 Å². The third kappa shape index (κ3) is 3.61. The molecular formula is C12H21N3O. The minimum absolute atomic E-state index is 1.05. The zero-order valence-electron chi connectivity index (χ0n) is 10.1. The Morgan fingerprint density at radius 2 is 2.06 bits per heavy atom. The summed E-state index contributed by atoms with van der Waals surface area (Å²) in [5, 5.41) is 3.92. The Balaban J connectivity index is 1.55. The first kappa shape index (κ1) is 11.6. The normalized spacial score (nSPS) is 19.1. The SMILES string of the molecule is CN1CCN(CCCCc2ccon2)CC1. The number of unbranched alkanes of at least 4 members (excludes halogenated alkanes) is 1. The number of aryl methyl sites for hydroxylation is 1. The molecule has 0 saturated carbocycles. The molecule has 1 aromatic rings. The summed E-state index contributed by atoms with van der Waals surface area (Å²) in [6.45, 7) is 6.10. The number of aromatic nitrogens is 1. The third-order valence-corrected chi connectivity index (χ3v) is 3.24. The Kier molecular flexibility index (Phi) is 4.36. The Labute approximate surface area is 97.2 Å². The largest absolute Gasteiger partial charge is 0.365 e. The molecule has 16 heavy (non-hydrogen) atoms. The van der Waals surface area contributed by atoms with Crippen molar-refractivity contribution in [1.82, 2.24) is 15.0 Å². The maximum atomic E-state index is 4.81. The highest BCUT2D eigenvalue weighted by molar-refractivity contribution is 4.94. The van der Waals surface area contributed by atoms with Gasteiger partial charge in [-0.15, -0.1) is 0 Å². The Hall–Kier alpha value is -0.870. The van der Waals surface area contributed by atoms with Gasteiger partial charge in [-0.3, -0.25) is 0 Å². The molecule has 4 nitrogen and oxygen atoms in total. The summed E-state index contributed by atoms with van der Waals surface area (Å²) in [7, 11) is 2.20. The van der Waals surface area contributed by atoms with Crippen LogP contribution < -0.4 is 0 Å². The van der Waals surface area contributed by atoms with Crippen LogP contribution in [-0.4, -0.2) is 54.7 Å². The Morgan fingerprint density at radius 3 is 2.75 bits per heavy atom. The lowest BCUT2D eigenvalue weighted by atomic mass is 10.2. The quantitative estimate of drug-likeness (QED) is 0.703. The third-order valence-electron chi connectivity index (χ3n) is 3.24. The van der Waals surface area contributed by atoms with E-state index in [0.717, 1.165) is 12.1 Å². The molecule has 0 aliphatic carbocycles. The number of rotatable bonds is 5. The van der Waals surface area contributed by atoms with Crippen molar-refractivity contribution in [2.75, 3.05) is 39.8 Å². The zero-order valence-corrected chi connectivity index (χ0v) is 10.1. The zero-order chi connectivity index (χ0) is 11.2. The predicted octanol–water partition coefficient (Wildman–Crippen LogP) is 1.24. The molecule has 0 radical (unpaired) electrons. The molecule has 4 heteroatoms. The number of hydrogen-bond donors (Lipinski definition) is 0. The first-order valence-electron chi connectivity index (χ1n) is 6.15. The molecular weight excluding hydrogens is 202 g/mol. The molecule has 1 saturated heterocycles. The van der Waals surface area contributed by atoms with Gasteiger partial charge < -0.3 is 14.3 Å². The monoisotopic (exact) mass is 223 g/mol. The van der Waals surface area contributed by atoms with Crippen LogP contribution in [0.3, 0.4) is 0 Å². The summed E-state index contributed by atoms with van der Waals surface area (Å²) in [4.78, 5) is 4.95. The van der Waals surface area contributed by atoms with E-state index in [4.69, 9.17) is 4.52 Å². The fraction of sp³-hybridized carbons (Fsp3) is 0.750. The second-order valence-corrected chi connectivity index (χ2v) is 4.59. The van der Waals surface area contributed by atoms with E-state index in [0.29, 0.717) is 0 Å². The molecule has 2 heterocycles. The van der Waals surface area contributed by atoms with Gasteiger partial charge in [0, 0.05) is 32.2 Å². The molecule has 1 aliphatic rings. The van der Waals surface area contributed by atoms with E-state index < -0.39 is 0 Å². The van der Waals surface area contributed by atoms with Gasteiger partial charge in [-0.1, -0.05) is 5.16 Å². The molecule has 1 aliphatic heterocycles. The fourth-order valence-electron chi connectivity index (χ4n) is 2.08. The molecule has 0 N–H and O–H groups in total. The van der Waals surface area contributed by atoms with Gasteiger partial charge >= 0.3 is 0 Å². The van der Waals surface area contributed by atoms with Gasteiger partial charge in [0.05, 0.1) is 5.69 Å². The second kappa shape index (κ2) is 6.01. The summed E-state index contributed by atoms with van der Waals surface area (Å²) in [5.74, 6) is 0. The molecule has 0 spiro atoms. The summed E-state index contributed by atoms with van der Waals surface area (Å²) in [6, 6.07) is 1.95.